The number of carbonyl (C=O) groups excluding carboxylic acids is 1. The Hall–Kier alpha value is -0.610. The molecule has 0 aromatic heterocycles. The van der Waals surface area contributed by atoms with Crippen LogP contribution in [0.3, 0.4) is 0 Å². The number of ether oxygens (including phenoxy) is 1. The van der Waals surface area contributed by atoms with Crippen LogP contribution in [0.25, 0.3) is 0 Å². The van der Waals surface area contributed by atoms with E-state index >= 15 is 0 Å². The van der Waals surface area contributed by atoms with E-state index in [1.54, 1.807) is 0 Å². The predicted molar refractivity (Wildman–Crippen MR) is 62.2 cm³/mol. The standard InChI is InChI=1S/C12H22N2O2/c15-12(4-3-10-5-7-16-9-10)14-8-11-2-1-6-13-11/h10-11,13H,1-9H2,(H,14,15). The van der Waals surface area contributed by atoms with Crippen LogP contribution in [0.2, 0.25) is 0 Å². The third-order valence-corrected chi connectivity index (χ3v) is 3.51. The van der Waals surface area contributed by atoms with Gasteiger partial charge in [-0.15, -0.1) is 0 Å². The van der Waals surface area contributed by atoms with Crippen molar-refractivity contribution in [3.63, 3.8) is 0 Å². The van der Waals surface area contributed by atoms with Gasteiger partial charge in [0.2, 0.25) is 5.91 Å². The average Bonchev–Trinajstić information content (AvgIpc) is 2.96. The Kier molecular flexibility index (Phi) is 4.60. The lowest BCUT2D eigenvalue weighted by atomic mass is 10.0. The second-order valence-corrected chi connectivity index (χ2v) is 4.87. The molecule has 4 nitrogen and oxygen atoms in total. The molecule has 2 saturated heterocycles. The minimum Gasteiger partial charge on any atom is -0.381 e. The van der Waals surface area contributed by atoms with Gasteiger partial charge >= 0.3 is 0 Å². The molecule has 0 radical (unpaired) electrons. The number of rotatable bonds is 5. The molecular weight excluding hydrogens is 204 g/mol. The van der Waals surface area contributed by atoms with Crippen LogP contribution in [-0.2, 0) is 9.53 Å². The molecule has 92 valence electrons. The molecule has 2 N–H and O–H groups in total. The molecule has 2 fully saturated rings. The smallest absolute Gasteiger partial charge is 0.220 e. The summed E-state index contributed by atoms with van der Waals surface area (Å²) < 4.78 is 5.29. The van der Waals surface area contributed by atoms with Crippen molar-refractivity contribution >= 4 is 5.91 Å². The lowest BCUT2D eigenvalue weighted by Gasteiger charge is -2.12. The van der Waals surface area contributed by atoms with Crippen LogP contribution in [-0.4, -0.2) is 38.3 Å². The Labute approximate surface area is 97.1 Å². The highest BCUT2D eigenvalue weighted by molar-refractivity contribution is 5.75. The molecule has 0 aliphatic carbocycles. The first-order valence-electron chi connectivity index (χ1n) is 6.42. The summed E-state index contributed by atoms with van der Waals surface area (Å²) in [4.78, 5) is 11.6. The topological polar surface area (TPSA) is 50.4 Å². The van der Waals surface area contributed by atoms with Crippen molar-refractivity contribution in [2.75, 3.05) is 26.3 Å². The van der Waals surface area contributed by atoms with Crippen LogP contribution >= 0.6 is 0 Å². The number of carbonyl (C=O) groups is 1. The monoisotopic (exact) mass is 226 g/mol. The second-order valence-electron chi connectivity index (χ2n) is 4.87. The number of hydrogen-bond donors (Lipinski definition) is 2. The van der Waals surface area contributed by atoms with Crippen molar-refractivity contribution in [3.8, 4) is 0 Å². The number of nitrogens with one attached hydrogen (secondary N) is 2. The molecule has 0 saturated carbocycles. The molecule has 2 aliphatic rings. The molecule has 2 heterocycles. The first-order chi connectivity index (χ1) is 7.84. The summed E-state index contributed by atoms with van der Waals surface area (Å²) in [6.07, 6.45) is 5.18. The van der Waals surface area contributed by atoms with Crippen molar-refractivity contribution in [1.82, 2.24) is 10.6 Å². The fraction of sp³-hybridized carbons (Fsp3) is 0.917. The molecule has 2 rings (SSSR count). The van der Waals surface area contributed by atoms with E-state index in [-0.39, 0.29) is 5.91 Å². The SMILES string of the molecule is O=C(CCC1CCOC1)NCC1CCCN1. The Morgan fingerprint density at radius 3 is 3.06 bits per heavy atom. The highest BCUT2D eigenvalue weighted by Gasteiger charge is 2.18. The zero-order valence-corrected chi connectivity index (χ0v) is 9.84. The van der Waals surface area contributed by atoms with E-state index in [2.05, 4.69) is 10.6 Å². The third kappa shape index (κ3) is 3.76. The maximum Gasteiger partial charge on any atom is 0.220 e. The number of amides is 1. The van der Waals surface area contributed by atoms with Gasteiger partial charge in [-0.25, -0.2) is 0 Å². The lowest BCUT2D eigenvalue weighted by molar-refractivity contribution is -0.121. The minimum atomic E-state index is 0.195. The Morgan fingerprint density at radius 2 is 2.38 bits per heavy atom. The fourth-order valence-corrected chi connectivity index (χ4v) is 2.40. The van der Waals surface area contributed by atoms with E-state index in [1.807, 2.05) is 0 Å². The van der Waals surface area contributed by atoms with Gasteiger partial charge in [-0.2, -0.15) is 0 Å². The Balaban J connectivity index is 1.53. The van der Waals surface area contributed by atoms with Gasteiger partial charge in [-0.1, -0.05) is 0 Å². The van der Waals surface area contributed by atoms with Gasteiger partial charge in [-0.05, 0) is 38.1 Å². The zero-order valence-electron chi connectivity index (χ0n) is 9.84. The van der Waals surface area contributed by atoms with Gasteiger partial charge in [-0.3, -0.25) is 4.79 Å². The summed E-state index contributed by atoms with van der Waals surface area (Å²) in [6, 6.07) is 0.499. The van der Waals surface area contributed by atoms with Gasteiger partial charge in [0.1, 0.15) is 0 Å². The van der Waals surface area contributed by atoms with Gasteiger partial charge < -0.3 is 15.4 Å². The summed E-state index contributed by atoms with van der Waals surface area (Å²) in [5.74, 6) is 0.802. The normalized spacial score (nSPS) is 29.5. The van der Waals surface area contributed by atoms with Crippen molar-refractivity contribution in [2.45, 2.75) is 38.1 Å². The maximum absolute atomic E-state index is 11.6. The van der Waals surface area contributed by atoms with Crippen molar-refractivity contribution in [3.05, 3.63) is 0 Å². The van der Waals surface area contributed by atoms with Gasteiger partial charge in [0.25, 0.3) is 0 Å². The molecule has 2 atom stereocenters. The van der Waals surface area contributed by atoms with E-state index in [4.69, 9.17) is 4.74 Å². The summed E-state index contributed by atoms with van der Waals surface area (Å²) >= 11 is 0. The molecule has 1 amide bonds. The first-order valence-corrected chi connectivity index (χ1v) is 6.42. The molecular formula is C12H22N2O2. The molecule has 0 aromatic rings. The number of hydrogen-bond acceptors (Lipinski definition) is 3. The van der Waals surface area contributed by atoms with E-state index in [0.717, 1.165) is 39.1 Å². The molecule has 0 aromatic carbocycles. The Morgan fingerprint density at radius 1 is 1.44 bits per heavy atom. The molecule has 2 aliphatic heterocycles. The molecule has 0 spiro atoms. The lowest BCUT2D eigenvalue weighted by Crippen LogP contribution is -2.37. The summed E-state index contributed by atoms with van der Waals surface area (Å²) in [7, 11) is 0. The van der Waals surface area contributed by atoms with Crippen LogP contribution in [0.4, 0.5) is 0 Å². The third-order valence-electron chi connectivity index (χ3n) is 3.51. The predicted octanol–water partition coefficient (Wildman–Crippen LogP) is 0.671. The average molecular weight is 226 g/mol. The van der Waals surface area contributed by atoms with E-state index in [0.29, 0.717) is 18.4 Å². The van der Waals surface area contributed by atoms with Crippen LogP contribution in [0.15, 0.2) is 0 Å². The molecule has 2 unspecified atom stereocenters. The fourth-order valence-electron chi connectivity index (χ4n) is 2.40. The molecule has 4 heteroatoms. The maximum atomic E-state index is 11.6. The van der Waals surface area contributed by atoms with Gasteiger partial charge in [0, 0.05) is 32.2 Å². The minimum absolute atomic E-state index is 0.195. The highest BCUT2D eigenvalue weighted by Crippen LogP contribution is 2.17. The molecule has 16 heavy (non-hydrogen) atoms. The molecule has 0 bridgehead atoms. The largest absolute Gasteiger partial charge is 0.381 e. The van der Waals surface area contributed by atoms with Crippen LogP contribution in [0.5, 0.6) is 0 Å². The summed E-state index contributed by atoms with van der Waals surface area (Å²) in [6.45, 7) is 3.61. The van der Waals surface area contributed by atoms with Crippen LogP contribution < -0.4 is 10.6 Å². The quantitative estimate of drug-likeness (QED) is 0.724. The Bertz CT molecular complexity index is 199. The first kappa shape index (κ1) is 11.9. The van der Waals surface area contributed by atoms with Gasteiger partial charge in [0.15, 0.2) is 0 Å². The van der Waals surface area contributed by atoms with Crippen molar-refractivity contribution in [1.29, 1.82) is 0 Å². The summed E-state index contributed by atoms with van der Waals surface area (Å²) in [5, 5.41) is 6.38. The van der Waals surface area contributed by atoms with Crippen molar-refractivity contribution in [2.24, 2.45) is 5.92 Å². The van der Waals surface area contributed by atoms with E-state index in [9.17, 15) is 4.79 Å². The summed E-state index contributed by atoms with van der Waals surface area (Å²) in [5.41, 5.74) is 0. The van der Waals surface area contributed by atoms with Crippen molar-refractivity contribution < 1.29 is 9.53 Å². The van der Waals surface area contributed by atoms with Gasteiger partial charge in [0.05, 0.1) is 0 Å². The van der Waals surface area contributed by atoms with Crippen LogP contribution in [0, 0.1) is 5.92 Å². The van der Waals surface area contributed by atoms with Crippen LogP contribution in [0.1, 0.15) is 32.1 Å². The van der Waals surface area contributed by atoms with E-state index in [1.165, 1.54) is 12.8 Å². The van der Waals surface area contributed by atoms with E-state index < -0.39 is 0 Å². The highest BCUT2D eigenvalue weighted by atomic mass is 16.5. The second kappa shape index (κ2) is 6.21. The zero-order chi connectivity index (χ0) is 11.2.